The van der Waals surface area contributed by atoms with E-state index < -0.39 is 0 Å². The minimum atomic E-state index is 0.0769. The van der Waals surface area contributed by atoms with E-state index >= 15 is 0 Å². The van der Waals surface area contributed by atoms with E-state index in [4.69, 9.17) is 23.2 Å². The summed E-state index contributed by atoms with van der Waals surface area (Å²) in [6.45, 7) is 1.25. The second-order valence-corrected chi connectivity index (χ2v) is 6.82. The lowest BCUT2D eigenvalue weighted by atomic mass is 9.94. The summed E-state index contributed by atoms with van der Waals surface area (Å²) in [5.41, 5.74) is 3.39. The van der Waals surface area contributed by atoms with Crippen LogP contribution in [-0.4, -0.2) is 30.8 Å². The Morgan fingerprint density at radius 2 is 1.33 bits per heavy atom. The van der Waals surface area contributed by atoms with Crippen molar-refractivity contribution in [3.8, 4) is 0 Å². The molecule has 2 nitrogen and oxygen atoms in total. The molecule has 1 aliphatic heterocycles. The van der Waals surface area contributed by atoms with Gasteiger partial charge in [0.2, 0.25) is 0 Å². The number of likely N-dealkylation sites (tertiary alicyclic amines) is 1. The Morgan fingerprint density at radius 1 is 0.875 bits per heavy atom. The van der Waals surface area contributed by atoms with Gasteiger partial charge in [-0.1, -0.05) is 47.5 Å². The van der Waals surface area contributed by atoms with Crippen LogP contribution in [0.25, 0.3) is 12.2 Å². The Hall–Kier alpha value is -1.87. The molecule has 0 spiro atoms. The highest BCUT2D eigenvalue weighted by atomic mass is 35.5. The lowest BCUT2D eigenvalue weighted by Crippen LogP contribution is -2.34. The van der Waals surface area contributed by atoms with E-state index in [0.717, 1.165) is 22.3 Å². The van der Waals surface area contributed by atoms with E-state index in [0.29, 0.717) is 23.1 Å². The zero-order chi connectivity index (χ0) is 17.1. The summed E-state index contributed by atoms with van der Waals surface area (Å²) in [6, 6.07) is 15.0. The number of carbonyl (C=O) groups is 1. The van der Waals surface area contributed by atoms with Crippen LogP contribution < -0.4 is 0 Å². The van der Waals surface area contributed by atoms with Crippen LogP contribution in [0, 0.1) is 0 Å². The van der Waals surface area contributed by atoms with Crippen molar-refractivity contribution in [3.63, 3.8) is 0 Å². The summed E-state index contributed by atoms with van der Waals surface area (Å²) in [6.07, 6.45) is 3.82. The predicted molar refractivity (Wildman–Crippen MR) is 101 cm³/mol. The van der Waals surface area contributed by atoms with Gasteiger partial charge in [-0.05, 0) is 54.6 Å². The summed E-state index contributed by atoms with van der Waals surface area (Å²) < 4.78 is 0. The molecule has 122 valence electrons. The van der Waals surface area contributed by atoms with Crippen molar-refractivity contribution in [2.75, 3.05) is 20.1 Å². The van der Waals surface area contributed by atoms with E-state index in [1.165, 1.54) is 0 Å². The topological polar surface area (TPSA) is 20.3 Å². The summed E-state index contributed by atoms with van der Waals surface area (Å²) in [4.78, 5) is 14.9. The Morgan fingerprint density at radius 3 is 1.75 bits per heavy atom. The number of halogens is 2. The molecular formula is C20H17Cl2NO. The molecule has 0 N–H and O–H groups in total. The molecule has 0 aliphatic carbocycles. The monoisotopic (exact) mass is 357 g/mol. The largest absolute Gasteiger partial charge is 0.298 e. The molecule has 4 heteroatoms. The zero-order valence-corrected chi connectivity index (χ0v) is 14.8. The lowest BCUT2D eigenvalue weighted by molar-refractivity contribution is -0.113. The normalized spacial score (nSPS) is 19.2. The van der Waals surface area contributed by atoms with Crippen LogP contribution in [0.5, 0.6) is 0 Å². The van der Waals surface area contributed by atoms with E-state index in [1.54, 1.807) is 0 Å². The molecule has 3 rings (SSSR count). The van der Waals surface area contributed by atoms with Crippen LogP contribution in [0.4, 0.5) is 0 Å². The molecule has 0 saturated carbocycles. The van der Waals surface area contributed by atoms with Gasteiger partial charge in [-0.2, -0.15) is 0 Å². The van der Waals surface area contributed by atoms with E-state index in [9.17, 15) is 4.79 Å². The highest BCUT2D eigenvalue weighted by molar-refractivity contribution is 6.31. The lowest BCUT2D eigenvalue weighted by Gasteiger charge is -2.26. The predicted octanol–water partition coefficient (Wildman–Crippen LogP) is 4.97. The number of carbonyl (C=O) groups excluding carboxylic acids is 1. The second-order valence-electron chi connectivity index (χ2n) is 5.95. The van der Waals surface area contributed by atoms with Crippen LogP contribution in [0.2, 0.25) is 10.0 Å². The van der Waals surface area contributed by atoms with Gasteiger partial charge in [-0.15, -0.1) is 0 Å². The number of ketones is 1. The fourth-order valence-electron chi connectivity index (χ4n) is 2.80. The molecule has 0 radical (unpaired) electrons. The smallest absolute Gasteiger partial charge is 0.187 e. The van der Waals surface area contributed by atoms with Gasteiger partial charge in [0.1, 0.15) is 0 Å². The minimum absolute atomic E-state index is 0.0769. The van der Waals surface area contributed by atoms with Gasteiger partial charge in [0.15, 0.2) is 5.78 Å². The zero-order valence-electron chi connectivity index (χ0n) is 13.3. The number of likely N-dealkylation sites (N-methyl/N-ethyl adjacent to an activating group) is 1. The number of nitrogens with zero attached hydrogens (tertiary/aromatic N) is 1. The SMILES string of the molecule is CN1C/C(=C/c2cccc(Cl)c2)C(=O)/C(=C/c2cccc(Cl)c2)C1. The first-order valence-electron chi connectivity index (χ1n) is 7.67. The van der Waals surface area contributed by atoms with Gasteiger partial charge in [-0.3, -0.25) is 9.69 Å². The number of hydrogen-bond donors (Lipinski definition) is 0. The molecule has 0 unspecified atom stereocenters. The van der Waals surface area contributed by atoms with Crippen molar-refractivity contribution >= 4 is 41.1 Å². The third-order valence-electron chi connectivity index (χ3n) is 3.84. The fraction of sp³-hybridized carbons (Fsp3) is 0.150. The average molecular weight is 358 g/mol. The quantitative estimate of drug-likeness (QED) is 0.706. The van der Waals surface area contributed by atoms with Crippen LogP contribution in [0.3, 0.4) is 0 Å². The average Bonchev–Trinajstić information content (AvgIpc) is 2.52. The number of benzene rings is 2. The second kappa shape index (κ2) is 7.35. The third kappa shape index (κ3) is 4.15. The molecule has 1 fully saturated rings. The van der Waals surface area contributed by atoms with Crippen molar-refractivity contribution in [3.05, 3.63) is 80.8 Å². The highest BCUT2D eigenvalue weighted by Crippen LogP contribution is 2.23. The maximum Gasteiger partial charge on any atom is 0.187 e. The maximum atomic E-state index is 12.8. The highest BCUT2D eigenvalue weighted by Gasteiger charge is 2.23. The molecule has 0 bridgehead atoms. The Kier molecular flexibility index (Phi) is 5.20. The maximum absolute atomic E-state index is 12.8. The first kappa shape index (κ1) is 17.0. The number of hydrogen-bond acceptors (Lipinski definition) is 2. The van der Waals surface area contributed by atoms with Crippen molar-refractivity contribution in [1.82, 2.24) is 4.90 Å². The van der Waals surface area contributed by atoms with Gasteiger partial charge >= 0.3 is 0 Å². The summed E-state index contributed by atoms with van der Waals surface area (Å²) in [5.74, 6) is 0.0769. The number of piperidine rings is 1. The standard InChI is InChI=1S/C20H17Cl2NO/c1-23-12-16(8-14-4-2-6-18(21)10-14)20(24)17(13-23)9-15-5-3-7-19(22)11-15/h2-11H,12-13H2,1H3/b16-8-,17-9+. The number of Topliss-reactive ketones (excluding diaryl/α,β-unsaturated/α-hetero) is 1. The Balaban J connectivity index is 1.94. The van der Waals surface area contributed by atoms with Gasteiger partial charge in [0, 0.05) is 34.3 Å². The van der Waals surface area contributed by atoms with Crippen LogP contribution in [0.1, 0.15) is 11.1 Å². The van der Waals surface area contributed by atoms with E-state index in [1.807, 2.05) is 67.7 Å². The molecule has 1 heterocycles. The van der Waals surface area contributed by atoms with Crippen molar-refractivity contribution in [1.29, 1.82) is 0 Å². The molecule has 1 saturated heterocycles. The molecule has 2 aromatic rings. The number of rotatable bonds is 2. The van der Waals surface area contributed by atoms with Crippen LogP contribution >= 0.6 is 23.2 Å². The summed E-state index contributed by atoms with van der Waals surface area (Å²) in [5, 5.41) is 1.33. The van der Waals surface area contributed by atoms with Gasteiger partial charge in [0.25, 0.3) is 0 Å². The van der Waals surface area contributed by atoms with Gasteiger partial charge < -0.3 is 0 Å². The molecule has 0 aromatic heterocycles. The summed E-state index contributed by atoms with van der Waals surface area (Å²) >= 11 is 12.1. The van der Waals surface area contributed by atoms with Gasteiger partial charge in [0.05, 0.1) is 0 Å². The molecule has 1 aliphatic rings. The molecular weight excluding hydrogens is 341 g/mol. The molecule has 2 aromatic carbocycles. The summed E-state index contributed by atoms with van der Waals surface area (Å²) in [7, 11) is 2.00. The van der Waals surface area contributed by atoms with Crippen LogP contribution in [0.15, 0.2) is 59.7 Å². The van der Waals surface area contributed by atoms with E-state index in [-0.39, 0.29) is 5.78 Å². The van der Waals surface area contributed by atoms with E-state index in [2.05, 4.69) is 4.90 Å². The fourth-order valence-corrected chi connectivity index (χ4v) is 3.20. The van der Waals surface area contributed by atoms with Crippen molar-refractivity contribution in [2.45, 2.75) is 0 Å². The van der Waals surface area contributed by atoms with Crippen molar-refractivity contribution < 1.29 is 4.79 Å². The van der Waals surface area contributed by atoms with Crippen LogP contribution in [-0.2, 0) is 4.79 Å². The molecule has 0 atom stereocenters. The third-order valence-corrected chi connectivity index (χ3v) is 4.31. The molecule has 0 amide bonds. The minimum Gasteiger partial charge on any atom is -0.298 e. The first-order chi connectivity index (χ1) is 11.5. The first-order valence-corrected chi connectivity index (χ1v) is 8.42. The van der Waals surface area contributed by atoms with Crippen molar-refractivity contribution in [2.24, 2.45) is 0 Å². The Bertz CT molecular complexity index is 772. The molecule has 24 heavy (non-hydrogen) atoms. The Labute approximate surface area is 152 Å². The van der Waals surface area contributed by atoms with Gasteiger partial charge in [-0.25, -0.2) is 0 Å².